The molecule has 116 valence electrons. The van der Waals surface area contributed by atoms with E-state index in [2.05, 4.69) is 34.3 Å². The lowest BCUT2D eigenvalue weighted by atomic mass is 9.83. The quantitative estimate of drug-likeness (QED) is 0.821. The first-order chi connectivity index (χ1) is 10.3. The van der Waals surface area contributed by atoms with Crippen LogP contribution in [0.5, 0.6) is 0 Å². The maximum absolute atomic E-state index is 4.46. The predicted molar refractivity (Wildman–Crippen MR) is 88.1 cm³/mol. The molecular weight excluding hydrogens is 258 g/mol. The molecule has 0 spiro atoms. The Kier molecular flexibility index (Phi) is 5.13. The smallest absolute Gasteiger partial charge is 0.0562 e. The van der Waals surface area contributed by atoms with E-state index >= 15 is 0 Å². The van der Waals surface area contributed by atoms with Gasteiger partial charge in [0.1, 0.15) is 0 Å². The van der Waals surface area contributed by atoms with Gasteiger partial charge in [0.2, 0.25) is 0 Å². The third-order valence-electron chi connectivity index (χ3n) is 4.76. The fourth-order valence-corrected chi connectivity index (χ4v) is 3.36. The molecule has 0 amide bonds. The molecule has 2 aliphatic rings. The van der Waals surface area contributed by atoms with Gasteiger partial charge in [-0.05, 0) is 38.0 Å². The van der Waals surface area contributed by atoms with E-state index in [0.29, 0.717) is 0 Å². The monoisotopic (exact) mass is 287 g/mol. The lowest BCUT2D eigenvalue weighted by molar-refractivity contribution is 0.396. The van der Waals surface area contributed by atoms with Crippen LogP contribution in [-0.4, -0.2) is 22.4 Å². The molecule has 3 heteroatoms. The number of nitrogens with one attached hydrogen (secondary N) is 1. The Morgan fingerprint density at radius 3 is 2.81 bits per heavy atom. The SMILES string of the molecule is CCCn1cc(/C=C(/CNC2CC2)C2CCCCC2)cn1. The van der Waals surface area contributed by atoms with Gasteiger partial charge in [0.15, 0.2) is 0 Å². The number of hydrogen-bond donors (Lipinski definition) is 1. The van der Waals surface area contributed by atoms with Crippen molar-refractivity contribution in [3.05, 3.63) is 23.5 Å². The fraction of sp³-hybridized carbons (Fsp3) is 0.722. The van der Waals surface area contributed by atoms with Gasteiger partial charge in [0, 0.05) is 30.9 Å². The first-order valence-electron chi connectivity index (χ1n) is 8.81. The molecule has 1 heterocycles. The molecule has 0 atom stereocenters. The molecule has 0 saturated heterocycles. The molecule has 1 aromatic rings. The third-order valence-corrected chi connectivity index (χ3v) is 4.76. The van der Waals surface area contributed by atoms with Crippen molar-refractivity contribution in [3.63, 3.8) is 0 Å². The van der Waals surface area contributed by atoms with E-state index < -0.39 is 0 Å². The summed E-state index contributed by atoms with van der Waals surface area (Å²) in [4.78, 5) is 0. The zero-order chi connectivity index (χ0) is 14.5. The molecule has 2 aliphatic carbocycles. The second kappa shape index (κ2) is 7.26. The molecule has 1 N–H and O–H groups in total. The summed E-state index contributed by atoms with van der Waals surface area (Å²) in [5, 5.41) is 8.17. The first-order valence-corrected chi connectivity index (χ1v) is 8.81. The van der Waals surface area contributed by atoms with Crippen LogP contribution in [0.4, 0.5) is 0 Å². The highest BCUT2D eigenvalue weighted by atomic mass is 15.3. The average Bonchev–Trinajstić information content (AvgIpc) is 3.24. The number of rotatable bonds is 7. The summed E-state index contributed by atoms with van der Waals surface area (Å²) in [6.07, 6.45) is 17.5. The van der Waals surface area contributed by atoms with Crippen LogP contribution in [0.1, 0.15) is 63.9 Å². The lowest BCUT2D eigenvalue weighted by Crippen LogP contribution is -2.23. The summed E-state index contributed by atoms with van der Waals surface area (Å²) in [6.45, 7) is 4.30. The van der Waals surface area contributed by atoms with Gasteiger partial charge in [-0.25, -0.2) is 0 Å². The summed E-state index contributed by atoms with van der Waals surface area (Å²) in [7, 11) is 0. The van der Waals surface area contributed by atoms with E-state index in [4.69, 9.17) is 0 Å². The third kappa shape index (κ3) is 4.44. The van der Waals surface area contributed by atoms with Crippen molar-refractivity contribution in [3.8, 4) is 0 Å². The van der Waals surface area contributed by atoms with E-state index in [1.165, 1.54) is 50.5 Å². The van der Waals surface area contributed by atoms with Crippen molar-refractivity contribution >= 4 is 6.08 Å². The molecule has 1 aromatic heterocycles. The summed E-state index contributed by atoms with van der Waals surface area (Å²) < 4.78 is 2.07. The molecule has 2 fully saturated rings. The van der Waals surface area contributed by atoms with E-state index in [-0.39, 0.29) is 0 Å². The predicted octanol–water partition coefficient (Wildman–Crippen LogP) is 4.01. The standard InChI is InChI=1S/C18H29N3/c1-2-10-21-14-15(12-20-21)11-17(13-19-18-8-9-18)16-6-4-3-5-7-16/h11-12,14,16,18-19H,2-10,13H2,1H3/b17-11-. The van der Waals surface area contributed by atoms with Crippen molar-refractivity contribution in [2.75, 3.05) is 6.54 Å². The van der Waals surface area contributed by atoms with Gasteiger partial charge in [-0.15, -0.1) is 0 Å². The van der Waals surface area contributed by atoms with Gasteiger partial charge in [0.05, 0.1) is 6.20 Å². The summed E-state index contributed by atoms with van der Waals surface area (Å²) >= 11 is 0. The molecule has 21 heavy (non-hydrogen) atoms. The normalized spacial score (nSPS) is 20.9. The highest BCUT2D eigenvalue weighted by molar-refractivity contribution is 5.52. The molecular formula is C18H29N3. The zero-order valence-electron chi connectivity index (χ0n) is 13.4. The summed E-state index contributed by atoms with van der Waals surface area (Å²) in [5.74, 6) is 0.791. The molecule has 0 aliphatic heterocycles. The van der Waals surface area contributed by atoms with Crippen LogP contribution in [0, 0.1) is 5.92 Å². The minimum absolute atomic E-state index is 0.791. The van der Waals surface area contributed by atoms with Crippen LogP contribution >= 0.6 is 0 Å². The number of nitrogens with zero attached hydrogens (tertiary/aromatic N) is 2. The van der Waals surface area contributed by atoms with E-state index in [0.717, 1.165) is 31.5 Å². The molecule has 2 saturated carbocycles. The number of aromatic nitrogens is 2. The van der Waals surface area contributed by atoms with Crippen molar-refractivity contribution < 1.29 is 0 Å². The Morgan fingerprint density at radius 1 is 1.29 bits per heavy atom. The van der Waals surface area contributed by atoms with Crippen LogP contribution in [0.15, 0.2) is 18.0 Å². The Balaban J connectivity index is 1.69. The minimum Gasteiger partial charge on any atom is -0.310 e. The van der Waals surface area contributed by atoms with E-state index in [1.807, 2.05) is 6.20 Å². The van der Waals surface area contributed by atoms with Gasteiger partial charge >= 0.3 is 0 Å². The second-order valence-corrected chi connectivity index (χ2v) is 6.75. The topological polar surface area (TPSA) is 29.9 Å². The van der Waals surface area contributed by atoms with Crippen LogP contribution in [0.25, 0.3) is 6.08 Å². The van der Waals surface area contributed by atoms with Gasteiger partial charge in [0.25, 0.3) is 0 Å². The maximum Gasteiger partial charge on any atom is 0.0562 e. The summed E-state index contributed by atoms with van der Waals surface area (Å²) in [6, 6.07) is 0.791. The molecule has 0 unspecified atom stereocenters. The van der Waals surface area contributed by atoms with Crippen molar-refractivity contribution in [1.82, 2.24) is 15.1 Å². The van der Waals surface area contributed by atoms with Crippen LogP contribution in [0.3, 0.4) is 0 Å². The molecule has 0 bridgehead atoms. The van der Waals surface area contributed by atoms with Gasteiger partial charge in [-0.3, -0.25) is 4.68 Å². The molecule has 0 radical (unpaired) electrons. The van der Waals surface area contributed by atoms with Crippen LogP contribution in [-0.2, 0) is 6.54 Å². The Labute approximate surface area is 128 Å². The number of aryl methyl sites for hydroxylation is 1. The van der Waals surface area contributed by atoms with Crippen molar-refractivity contribution in [2.45, 2.75) is 70.9 Å². The zero-order valence-corrected chi connectivity index (χ0v) is 13.4. The summed E-state index contributed by atoms with van der Waals surface area (Å²) in [5.41, 5.74) is 2.89. The Morgan fingerprint density at radius 2 is 2.10 bits per heavy atom. The van der Waals surface area contributed by atoms with Gasteiger partial charge in [-0.1, -0.05) is 37.8 Å². The maximum atomic E-state index is 4.46. The van der Waals surface area contributed by atoms with E-state index in [9.17, 15) is 0 Å². The minimum atomic E-state index is 0.791. The largest absolute Gasteiger partial charge is 0.310 e. The molecule has 3 nitrogen and oxygen atoms in total. The van der Waals surface area contributed by atoms with E-state index in [1.54, 1.807) is 5.57 Å². The fourth-order valence-electron chi connectivity index (χ4n) is 3.36. The van der Waals surface area contributed by atoms with Gasteiger partial charge < -0.3 is 5.32 Å². The molecule has 0 aromatic carbocycles. The lowest BCUT2D eigenvalue weighted by Gasteiger charge is -2.25. The highest BCUT2D eigenvalue weighted by Crippen LogP contribution is 2.31. The van der Waals surface area contributed by atoms with Crippen LogP contribution in [0.2, 0.25) is 0 Å². The molecule has 3 rings (SSSR count). The van der Waals surface area contributed by atoms with Gasteiger partial charge in [-0.2, -0.15) is 5.10 Å². The second-order valence-electron chi connectivity index (χ2n) is 6.75. The van der Waals surface area contributed by atoms with Crippen LogP contribution < -0.4 is 5.32 Å². The van der Waals surface area contributed by atoms with Crippen molar-refractivity contribution in [1.29, 1.82) is 0 Å². The Bertz CT molecular complexity index is 465. The Hall–Kier alpha value is -1.09. The first kappa shape index (κ1) is 14.8. The average molecular weight is 287 g/mol. The highest BCUT2D eigenvalue weighted by Gasteiger charge is 2.23. The number of hydrogen-bond acceptors (Lipinski definition) is 2. The van der Waals surface area contributed by atoms with Crippen molar-refractivity contribution in [2.24, 2.45) is 5.92 Å².